The van der Waals surface area contributed by atoms with Crippen molar-refractivity contribution in [1.82, 2.24) is 39.2 Å². The molecule has 7 rings (SSSR count). The molecule has 0 aliphatic carbocycles. The van der Waals surface area contributed by atoms with E-state index in [2.05, 4.69) is 24.4 Å². The molecule has 2 saturated heterocycles. The zero-order chi connectivity index (χ0) is 29.9. The first kappa shape index (κ1) is 28.9. The lowest BCUT2D eigenvalue weighted by Crippen LogP contribution is -2.50. The van der Waals surface area contributed by atoms with Crippen LogP contribution in [-0.2, 0) is 22.6 Å². The van der Waals surface area contributed by atoms with E-state index in [0.29, 0.717) is 29.0 Å². The fourth-order valence-electron chi connectivity index (χ4n) is 6.47. The van der Waals surface area contributed by atoms with E-state index in [1.54, 1.807) is 16.9 Å². The van der Waals surface area contributed by atoms with Crippen LogP contribution in [-0.4, -0.2) is 63.5 Å². The van der Waals surface area contributed by atoms with Gasteiger partial charge in [0.05, 0.1) is 11.9 Å². The molecule has 228 valence electrons. The summed E-state index contributed by atoms with van der Waals surface area (Å²) in [7, 11) is 0. The first-order chi connectivity index (χ1) is 20.6. The Hall–Kier alpha value is -2.84. The molecule has 1 spiro atoms. The third-order valence-electron chi connectivity index (χ3n) is 8.91. The summed E-state index contributed by atoms with van der Waals surface area (Å²) in [6.45, 7) is 8.90. The second-order valence-electron chi connectivity index (χ2n) is 12.7. The molecular formula is C29H35ClFN9O2S. The summed E-state index contributed by atoms with van der Waals surface area (Å²) in [5, 5.41) is 9.28. The lowest BCUT2D eigenvalue weighted by atomic mass is 9.73. The minimum Gasteiger partial charge on any atom is -0.598 e. The Morgan fingerprint density at radius 1 is 1.16 bits per heavy atom. The summed E-state index contributed by atoms with van der Waals surface area (Å²) in [5.41, 5.74) is 2.96. The van der Waals surface area contributed by atoms with Crippen LogP contribution in [0.15, 0.2) is 30.7 Å². The van der Waals surface area contributed by atoms with E-state index in [0.717, 1.165) is 63.3 Å². The topological polar surface area (TPSA) is 122 Å². The average Bonchev–Trinajstić information content (AvgIpc) is 3.68. The number of halogens is 2. The molecule has 0 amide bonds. The van der Waals surface area contributed by atoms with Crippen LogP contribution in [0.25, 0.3) is 22.4 Å². The standard InChI is InChI=1S/C29H35ClFN9O2S/c1-28(2,3)43(41)37-25-19-8-12-34-39(19)17-29(25)9-13-38(14-10-29)20-16-33-24-23(18-7-11-32-26(31)22(18)30)36-40(27(24)35-20)21-6-4-5-15-42-21/h7-8,11-12,16,21,25,37H,4-6,9-10,13-15,17H2,1-3H3/t21?,25-,43-/m1/s1. The molecule has 2 fully saturated rings. The van der Waals surface area contributed by atoms with E-state index in [1.807, 2.05) is 33.0 Å². The Morgan fingerprint density at radius 2 is 1.98 bits per heavy atom. The fraction of sp³-hybridized carbons (Fsp3) is 0.552. The number of ether oxygens (including phenoxy) is 1. The van der Waals surface area contributed by atoms with Crippen molar-refractivity contribution in [2.45, 2.75) is 76.4 Å². The van der Waals surface area contributed by atoms with Gasteiger partial charge >= 0.3 is 0 Å². The molecular weight excluding hydrogens is 593 g/mol. The minimum atomic E-state index is -1.21. The van der Waals surface area contributed by atoms with E-state index in [-0.39, 0.29) is 27.5 Å². The third kappa shape index (κ3) is 5.08. The van der Waals surface area contributed by atoms with Gasteiger partial charge < -0.3 is 14.2 Å². The average molecular weight is 628 g/mol. The Bertz CT molecular complexity index is 1640. The van der Waals surface area contributed by atoms with Gasteiger partial charge in [-0.25, -0.2) is 19.6 Å². The number of aromatic nitrogens is 7. The van der Waals surface area contributed by atoms with Gasteiger partial charge in [-0.15, -0.1) is 4.72 Å². The van der Waals surface area contributed by atoms with Gasteiger partial charge in [0.2, 0.25) is 5.95 Å². The van der Waals surface area contributed by atoms with Crippen LogP contribution >= 0.6 is 11.6 Å². The molecule has 43 heavy (non-hydrogen) atoms. The van der Waals surface area contributed by atoms with E-state index in [1.165, 1.54) is 6.20 Å². The highest BCUT2D eigenvalue weighted by molar-refractivity contribution is 7.90. The SMILES string of the molecule is CC(C)(C)[S@@+]([O-])N[C@@H]1c2ccnn2CC12CCN(c1cnc3c(-c4ccnc(F)c4Cl)nn(C4CCCCO4)c3n1)CC2. The Balaban J connectivity index is 1.19. The quantitative estimate of drug-likeness (QED) is 0.241. The number of fused-ring (bicyclic) bond motifs is 2. The molecule has 7 heterocycles. The first-order valence-corrected chi connectivity index (χ1v) is 16.3. The molecule has 3 aliphatic heterocycles. The summed E-state index contributed by atoms with van der Waals surface area (Å²) in [6, 6.07) is 3.62. The monoisotopic (exact) mass is 627 g/mol. The number of nitrogens with zero attached hydrogens (tertiary/aromatic N) is 8. The molecule has 3 aliphatic rings. The maximum Gasteiger partial charge on any atom is 0.232 e. The van der Waals surface area contributed by atoms with Crippen LogP contribution in [0.5, 0.6) is 0 Å². The molecule has 1 N–H and O–H groups in total. The summed E-state index contributed by atoms with van der Waals surface area (Å²) >= 11 is 5.11. The van der Waals surface area contributed by atoms with Crippen LogP contribution < -0.4 is 9.62 Å². The van der Waals surface area contributed by atoms with Gasteiger partial charge in [-0.2, -0.15) is 14.6 Å². The lowest BCUT2D eigenvalue weighted by molar-refractivity contribution is -0.0368. The zero-order valence-electron chi connectivity index (χ0n) is 24.5. The second kappa shape index (κ2) is 11.0. The third-order valence-corrected chi connectivity index (χ3v) is 10.8. The number of hydrogen-bond acceptors (Lipinski definition) is 9. The fourth-order valence-corrected chi connectivity index (χ4v) is 7.61. The molecule has 4 aromatic heterocycles. The largest absolute Gasteiger partial charge is 0.598 e. The van der Waals surface area contributed by atoms with Crippen molar-refractivity contribution in [3.05, 3.63) is 47.4 Å². The van der Waals surface area contributed by atoms with Crippen LogP contribution in [0.4, 0.5) is 10.2 Å². The van der Waals surface area contributed by atoms with Crippen molar-refractivity contribution < 1.29 is 13.7 Å². The van der Waals surface area contributed by atoms with Crippen LogP contribution in [0.2, 0.25) is 5.02 Å². The maximum atomic E-state index is 14.3. The molecule has 14 heteroatoms. The highest BCUT2D eigenvalue weighted by Gasteiger charge is 2.51. The minimum absolute atomic E-state index is 0.0521. The predicted molar refractivity (Wildman–Crippen MR) is 162 cm³/mol. The first-order valence-electron chi connectivity index (χ1n) is 14.8. The van der Waals surface area contributed by atoms with Crippen molar-refractivity contribution in [3.63, 3.8) is 0 Å². The van der Waals surface area contributed by atoms with Gasteiger partial charge in [0.1, 0.15) is 32.8 Å². The van der Waals surface area contributed by atoms with Crippen molar-refractivity contribution in [2.24, 2.45) is 5.41 Å². The van der Waals surface area contributed by atoms with Crippen LogP contribution in [0.3, 0.4) is 0 Å². The number of hydrogen-bond donors (Lipinski definition) is 1. The van der Waals surface area contributed by atoms with Crippen LogP contribution in [0, 0.1) is 11.4 Å². The normalized spacial score (nSPS) is 22.8. The van der Waals surface area contributed by atoms with Crippen molar-refractivity contribution in [2.75, 3.05) is 24.6 Å². The molecule has 0 aromatic carbocycles. The number of anilines is 1. The summed E-state index contributed by atoms with van der Waals surface area (Å²) in [4.78, 5) is 15.8. The highest BCUT2D eigenvalue weighted by atomic mass is 35.5. The van der Waals surface area contributed by atoms with Gasteiger partial charge in [0, 0.05) is 61.0 Å². The number of rotatable bonds is 5. The van der Waals surface area contributed by atoms with Crippen molar-refractivity contribution in [1.29, 1.82) is 0 Å². The number of pyridine rings is 1. The smallest absolute Gasteiger partial charge is 0.232 e. The van der Waals surface area contributed by atoms with Gasteiger partial charge in [0.25, 0.3) is 0 Å². The molecule has 4 aromatic rings. The summed E-state index contributed by atoms with van der Waals surface area (Å²) in [5.74, 6) is -0.00746. The molecule has 1 unspecified atom stereocenters. The van der Waals surface area contributed by atoms with E-state index in [4.69, 9.17) is 31.4 Å². The zero-order valence-corrected chi connectivity index (χ0v) is 26.0. The molecule has 0 radical (unpaired) electrons. The highest BCUT2D eigenvalue weighted by Crippen LogP contribution is 2.50. The molecule has 3 atom stereocenters. The summed E-state index contributed by atoms with van der Waals surface area (Å²) < 4.78 is 40.5. The maximum absolute atomic E-state index is 14.3. The molecule has 11 nitrogen and oxygen atoms in total. The van der Waals surface area contributed by atoms with Crippen molar-refractivity contribution in [3.8, 4) is 11.3 Å². The number of nitrogens with one attached hydrogen (secondary N) is 1. The molecule has 0 bridgehead atoms. The van der Waals surface area contributed by atoms with Gasteiger partial charge in [0.15, 0.2) is 11.9 Å². The molecule has 0 saturated carbocycles. The van der Waals surface area contributed by atoms with E-state index in [9.17, 15) is 8.94 Å². The second-order valence-corrected chi connectivity index (χ2v) is 15.0. The van der Waals surface area contributed by atoms with Crippen LogP contribution in [0.1, 0.15) is 70.8 Å². The summed E-state index contributed by atoms with van der Waals surface area (Å²) in [6.07, 6.45) is 9.21. The lowest BCUT2D eigenvalue weighted by Gasteiger charge is -2.43. The van der Waals surface area contributed by atoms with Gasteiger partial charge in [-0.1, -0.05) is 11.6 Å². The van der Waals surface area contributed by atoms with Gasteiger partial charge in [-0.3, -0.25) is 4.68 Å². The van der Waals surface area contributed by atoms with E-state index >= 15 is 0 Å². The van der Waals surface area contributed by atoms with Crippen molar-refractivity contribution >= 4 is 39.9 Å². The number of piperidine rings is 1. The van der Waals surface area contributed by atoms with Gasteiger partial charge in [-0.05, 0) is 65.0 Å². The van der Waals surface area contributed by atoms with E-state index < -0.39 is 17.3 Å². The Labute approximate surface area is 257 Å². The Kier molecular flexibility index (Phi) is 7.36. The Morgan fingerprint density at radius 3 is 2.72 bits per heavy atom. The predicted octanol–water partition coefficient (Wildman–Crippen LogP) is 4.97.